The summed E-state index contributed by atoms with van der Waals surface area (Å²) in [6.45, 7) is 0.146. The Hall–Kier alpha value is -2.13. The van der Waals surface area contributed by atoms with Crippen LogP contribution in [0.1, 0.15) is 11.1 Å². The second-order valence-electron chi connectivity index (χ2n) is 4.65. The maximum Gasteiger partial charge on any atom is 0.248 e. The van der Waals surface area contributed by atoms with Crippen molar-refractivity contribution in [2.45, 2.75) is 0 Å². The Morgan fingerprint density at radius 2 is 1.95 bits per heavy atom. The SMILES string of the molecule is CN1C(=O)CN=[14C](c2ccccc2)c2cc(Cl)ccc21. The van der Waals surface area contributed by atoms with Gasteiger partial charge in [0.25, 0.3) is 0 Å². The van der Waals surface area contributed by atoms with Crippen LogP contribution >= 0.6 is 11.6 Å². The minimum Gasteiger partial charge on any atom is -0.313 e. The first kappa shape index (κ1) is 12.9. The van der Waals surface area contributed by atoms with Gasteiger partial charge in [0.2, 0.25) is 5.91 Å². The fraction of sp³-hybridized carbons (Fsp3) is 0.125. The van der Waals surface area contributed by atoms with E-state index in [9.17, 15) is 4.79 Å². The van der Waals surface area contributed by atoms with Gasteiger partial charge in [-0.3, -0.25) is 9.79 Å². The van der Waals surface area contributed by atoms with Crippen LogP contribution < -0.4 is 4.90 Å². The molecule has 100 valence electrons. The van der Waals surface area contributed by atoms with E-state index in [0.29, 0.717) is 5.02 Å². The Bertz CT molecular complexity index is 695. The number of benzodiazepines with no additional fused rings is 1. The van der Waals surface area contributed by atoms with Crippen molar-refractivity contribution in [1.29, 1.82) is 0 Å². The smallest absolute Gasteiger partial charge is 0.248 e. The zero-order valence-corrected chi connectivity index (χ0v) is 11.8. The Morgan fingerprint density at radius 3 is 2.70 bits per heavy atom. The van der Waals surface area contributed by atoms with Crippen molar-refractivity contribution in [3.8, 4) is 0 Å². The highest BCUT2D eigenvalue weighted by Crippen LogP contribution is 2.28. The molecular formula is C16H13ClN2O. The summed E-state index contributed by atoms with van der Waals surface area (Å²) in [6.07, 6.45) is 0. The predicted octanol–water partition coefficient (Wildman–Crippen LogP) is 3.15. The molecule has 2 aromatic rings. The normalized spacial score (nSPS) is 14.6. The number of rotatable bonds is 1. The molecule has 1 heterocycles. The van der Waals surface area contributed by atoms with E-state index in [-0.39, 0.29) is 12.5 Å². The molecular weight excluding hydrogens is 274 g/mol. The highest BCUT2D eigenvalue weighted by atomic mass is 35.5. The summed E-state index contributed by atoms with van der Waals surface area (Å²) in [6, 6.07) is 15.3. The molecule has 0 spiro atoms. The van der Waals surface area contributed by atoms with E-state index in [0.717, 1.165) is 22.5 Å². The summed E-state index contributed by atoms with van der Waals surface area (Å²) < 4.78 is 0. The van der Waals surface area contributed by atoms with Crippen LogP contribution in [0.15, 0.2) is 53.5 Å². The number of anilines is 1. The van der Waals surface area contributed by atoms with Gasteiger partial charge in [-0.15, -0.1) is 0 Å². The van der Waals surface area contributed by atoms with Gasteiger partial charge in [-0.2, -0.15) is 0 Å². The molecule has 0 radical (unpaired) electrons. The third kappa shape index (κ3) is 2.21. The van der Waals surface area contributed by atoms with E-state index in [4.69, 9.17) is 11.6 Å². The van der Waals surface area contributed by atoms with Crippen LogP contribution in [0.25, 0.3) is 0 Å². The number of hydrogen-bond acceptors (Lipinski definition) is 2. The van der Waals surface area contributed by atoms with Crippen molar-refractivity contribution >= 4 is 28.9 Å². The van der Waals surface area contributed by atoms with Crippen LogP contribution in [0, 0.1) is 0 Å². The Labute approximate surface area is 122 Å². The summed E-state index contributed by atoms with van der Waals surface area (Å²) >= 11 is 6.11. The minimum absolute atomic E-state index is 0.0282. The molecule has 1 aliphatic rings. The molecule has 0 saturated carbocycles. The van der Waals surface area contributed by atoms with Crippen LogP contribution in [0.5, 0.6) is 0 Å². The number of benzene rings is 2. The first-order chi connectivity index (χ1) is 9.66. The molecule has 2 aromatic carbocycles. The lowest BCUT2D eigenvalue weighted by Crippen LogP contribution is -2.27. The van der Waals surface area contributed by atoms with Gasteiger partial charge >= 0.3 is 0 Å². The highest BCUT2D eigenvalue weighted by molar-refractivity contribution is 6.32. The molecule has 3 rings (SSSR count). The van der Waals surface area contributed by atoms with Crippen molar-refractivity contribution < 1.29 is 4.79 Å². The molecule has 1 aliphatic heterocycles. The second-order valence-corrected chi connectivity index (χ2v) is 5.08. The number of halogens is 1. The van der Waals surface area contributed by atoms with E-state index in [1.165, 1.54) is 0 Å². The molecule has 4 heteroatoms. The van der Waals surface area contributed by atoms with Gasteiger partial charge in [0.05, 0.1) is 11.4 Å². The van der Waals surface area contributed by atoms with E-state index in [1.54, 1.807) is 18.0 Å². The summed E-state index contributed by atoms with van der Waals surface area (Å²) in [7, 11) is 1.76. The standard InChI is InChI=1S/C16H13ClN2O/c1-19-14-8-7-12(17)9-13(14)16(18-10-15(19)20)11-5-3-2-4-6-11/h2-9H,10H2,1H3/i16+2. The van der Waals surface area contributed by atoms with E-state index < -0.39 is 0 Å². The van der Waals surface area contributed by atoms with Crippen molar-refractivity contribution in [3.05, 3.63) is 64.7 Å². The molecule has 0 aliphatic carbocycles. The van der Waals surface area contributed by atoms with Gasteiger partial charge < -0.3 is 4.90 Å². The number of aliphatic imine (C=N–C) groups is 1. The van der Waals surface area contributed by atoms with Crippen LogP contribution in [0.2, 0.25) is 5.02 Å². The maximum atomic E-state index is 12.0. The van der Waals surface area contributed by atoms with E-state index >= 15 is 0 Å². The summed E-state index contributed by atoms with van der Waals surface area (Å²) in [5, 5.41) is 0.634. The topological polar surface area (TPSA) is 32.7 Å². The molecule has 1 amide bonds. The van der Waals surface area contributed by atoms with Gasteiger partial charge in [-0.25, -0.2) is 0 Å². The van der Waals surface area contributed by atoms with Crippen molar-refractivity contribution in [1.82, 2.24) is 0 Å². The van der Waals surface area contributed by atoms with Crippen LogP contribution in [-0.2, 0) is 4.79 Å². The van der Waals surface area contributed by atoms with Gasteiger partial charge in [-0.05, 0) is 18.2 Å². The average Bonchev–Trinajstić information content (AvgIpc) is 2.58. The highest BCUT2D eigenvalue weighted by Gasteiger charge is 2.22. The molecule has 0 saturated heterocycles. The number of amides is 1. The quantitative estimate of drug-likeness (QED) is 0.792. The summed E-state index contributed by atoms with van der Waals surface area (Å²) in [4.78, 5) is 18.1. The number of carbonyl (C=O) groups is 1. The first-order valence-corrected chi connectivity index (χ1v) is 6.71. The first-order valence-electron chi connectivity index (χ1n) is 6.33. The lowest BCUT2D eigenvalue weighted by Gasteiger charge is -2.18. The number of likely N-dealkylation sites (N-methyl/N-ethyl adjacent to an activating group) is 1. The number of fused-ring (bicyclic) bond motifs is 1. The zero-order chi connectivity index (χ0) is 14.1. The van der Waals surface area contributed by atoms with E-state index in [2.05, 4.69) is 4.99 Å². The number of hydrogen-bond donors (Lipinski definition) is 0. The fourth-order valence-corrected chi connectivity index (χ4v) is 2.48. The molecule has 0 bridgehead atoms. The zero-order valence-electron chi connectivity index (χ0n) is 11.0. The largest absolute Gasteiger partial charge is 0.313 e. The maximum absolute atomic E-state index is 12.0. The lowest BCUT2D eigenvalue weighted by atomic mass is 10.2. The fourth-order valence-electron chi connectivity index (χ4n) is 2.31. The summed E-state index contributed by atoms with van der Waals surface area (Å²) in [5.41, 5.74) is 3.51. The third-order valence-electron chi connectivity index (χ3n) is 3.37. The summed E-state index contributed by atoms with van der Waals surface area (Å²) in [5.74, 6) is -0.0282. The van der Waals surface area contributed by atoms with Gasteiger partial charge in [0.15, 0.2) is 0 Å². The number of nitrogens with zero attached hydrogens (tertiary/aromatic N) is 2. The van der Waals surface area contributed by atoms with Crippen LogP contribution in [0.4, 0.5) is 5.69 Å². The monoisotopic (exact) mass is 286 g/mol. The minimum atomic E-state index is -0.0282. The Morgan fingerprint density at radius 1 is 1.20 bits per heavy atom. The van der Waals surface area contributed by atoms with Crippen LogP contribution in [-0.4, -0.2) is 25.2 Å². The number of carbonyl (C=O) groups excluding carboxylic acids is 1. The van der Waals surface area contributed by atoms with Crippen molar-refractivity contribution in [2.75, 3.05) is 18.5 Å². The second kappa shape index (κ2) is 5.10. The molecule has 0 atom stereocenters. The Balaban J connectivity index is 2.23. The van der Waals surface area contributed by atoms with Crippen molar-refractivity contribution in [3.63, 3.8) is 0 Å². The van der Waals surface area contributed by atoms with Gasteiger partial charge in [0.1, 0.15) is 6.54 Å². The Kier molecular flexibility index (Phi) is 3.28. The molecule has 3 nitrogen and oxygen atoms in total. The molecule has 20 heavy (non-hydrogen) atoms. The van der Waals surface area contributed by atoms with Crippen LogP contribution in [0.3, 0.4) is 0 Å². The van der Waals surface area contributed by atoms with Crippen molar-refractivity contribution in [2.24, 2.45) is 4.99 Å². The predicted molar refractivity (Wildman–Crippen MR) is 81.8 cm³/mol. The van der Waals surface area contributed by atoms with Gasteiger partial charge in [-0.1, -0.05) is 41.9 Å². The third-order valence-corrected chi connectivity index (χ3v) is 3.60. The molecule has 0 fully saturated rings. The molecule has 0 N–H and O–H groups in total. The molecule has 0 unspecified atom stereocenters. The molecule has 0 aromatic heterocycles. The van der Waals surface area contributed by atoms with E-state index in [1.807, 2.05) is 42.5 Å². The van der Waals surface area contributed by atoms with Gasteiger partial charge in [0, 0.05) is 23.2 Å². The lowest BCUT2D eigenvalue weighted by molar-refractivity contribution is -0.116. The average molecular weight is 287 g/mol.